The van der Waals surface area contributed by atoms with Crippen LogP contribution < -0.4 is 21.3 Å². The first-order chi connectivity index (χ1) is 20.0. The highest BCUT2D eigenvalue weighted by atomic mass is 32.2. The minimum absolute atomic E-state index is 0.0781. The number of H-pyrrole nitrogens is 2. The van der Waals surface area contributed by atoms with Crippen LogP contribution in [0.2, 0.25) is 0 Å². The highest BCUT2D eigenvalue weighted by molar-refractivity contribution is 8.00. The number of fused-ring (bicyclic) bond motifs is 3. The molecule has 4 heterocycles. The lowest BCUT2D eigenvalue weighted by atomic mass is 10.0. The van der Waals surface area contributed by atoms with Crippen molar-refractivity contribution in [3.05, 3.63) is 72.1 Å². The molecular weight excluding hydrogens is 536 g/mol. The number of unbranched alkanes of at least 4 members (excludes halogenated alkanes) is 1. The van der Waals surface area contributed by atoms with Gasteiger partial charge in [0.25, 0.3) is 0 Å². The summed E-state index contributed by atoms with van der Waals surface area (Å²) in [6.45, 7) is 0.480. The smallest absolute Gasteiger partial charge is 0.315 e. The van der Waals surface area contributed by atoms with Crippen molar-refractivity contribution in [2.24, 2.45) is 0 Å². The van der Waals surface area contributed by atoms with E-state index in [2.05, 4.69) is 37.3 Å². The van der Waals surface area contributed by atoms with Gasteiger partial charge in [-0.3, -0.25) is 9.59 Å². The van der Waals surface area contributed by atoms with Crippen molar-refractivity contribution in [3.63, 3.8) is 0 Å². The molecule has 0 aliphatic carbocycles. The lowest BCUT2D eigenvalue weighted by molar-refractivity contribution is -0.129. The molecule has 2 saturated heterocycles. The first kappa shape index (κ1) is 27.3. The van der Waals surface area contributed by atoms with Gasteiger partial charge < -0.3 is 31.2 Å². The van der Waals surface area contributed by atoms with Crippen LogP contribution in [0.25, 0.3) is 21.8 Å². The summed E-state index contributed by atoms with van der Waals surface area (Å²) in [5.74, 6) is 0.634. The number of aromatic nitrogens is 2. The van der Waals surface area contributed by atoms with Gasteiger partial charge in [-0.15, -0.1) is 0 Å². The standard InChI is InChI=1S/C31H36N6O3S/c38-28(12-6-5-11-27-29-26(18-41-27)36-31(40)37-29)35-25(15-20-17-34-24-10-4-2-8-22(20)24)30(39)32-14-13-19-16-33-23-9-3-1-7-21(19)23/h1-4,7-10,16-17,25-27,29,33-34H,5-6,11-15,18H2,(H,32,39)(H,35,38)(H2,36,37,40)/t25-,26-,27-,29-/m0/s1. The lowest BCUT2D eigenvalue weighted by Crippen LogP contribution is -2.48. The fourth-order valence-electron chi connectivity index (χ4n) is 6.05. The van der Waals surface area contributed by atoms with Crippen LogP contribution in [-0.4, -0.2) is 63.5 Å². The third kappa shape index (κ3) is 6.22. The Kier molecular flexibility index (Phi) is 8.18. The summed E-state index contributed by atoms with van der Waals surface area (Å²) in [5.41, 5.74) is 4.23. The Bertz CT molecular complexity index is 1550. The number of aromatic amines is 2. The summed E-state index contributed by atoms with van der Waals surface area (Å²) in [6, 6.07) is 15.7. The fraction of sp³-hybridized carbons (Fsp3) is 0.387. The number of thioether (sulfide) groups is 1. The number of para-hydroxylation sites is 2. The number of amides is 4. The number of carbonyl (C=O) groups excluding carboxylic acids is 3. The Hall–Kier alpha value is -3.92. The van der Waals surface area contributed by atoms with E-state index in [-0.39, 0.29) is 29.9 Å². The average molecular weight is 573 g/mol. The summed E-state index contributed by atoms with van der Waals surface area (Å²) < 4.78 is 0. The van der Waals surface area contributed by atoms with Crippen molar-refractivity contribution in [2.75, 3.05) is 12.3 Å². The number of carbonyl (C=O) groups is 3. The number of hydrogen-bond acceptors (Lipinski definition) is 4. The van der Waals surface area contributed by atoms with Gasteiger partial charge in [-0.2, -0.15) is 11.8 Å². The molecular formula is C31H36N6O3S. The predicted octanol–water partition coefficient (Wildman–Crippen LogP) is 3.76. The fourth-order valence-corrected chi connectivity index (χ4v) is 7.60. The highest BCUT2D eigenvalue weighted by Gasteiger charge is 2.42. The van der Waals surface area contributed by atoms with E-state index in [1.807, 2.05) is 66.6 Å². The molecule has 9 nitrogen and oxygen atoms in total. The third-order valence-electron chi connectivity index (χ3n) is 8.20. The molecule has 6 rings (SSSR count). The van der Waals surface area contributed by atoms with Crippen molar-refractivity contribution in [2.45, 2.75) is 61.9 Å². The number of rotatable bonds is 12. The molecule has 41 heavy (non-hydrogen) atoms. The molecule has 2 aliphatic rings. The monoisotopic (exact) mass is 572 g/mol. The maximum Gasteiger partial charge on any atom is 0.315 e. The Balaban J connectivity index is 1.04. The van der Waals surface area contributed by atoms with Gasteiger partial charge in [0.1, 0.15) is 6.04 Å². The highest BCUT2D eigenvalue weighted by Crippen LogP contribution is 2.33. The molecule has 214 valence electrons. The first-order valence-electron chi connectivity index (χ1n) is 14.4. The van der Waals surface area contributed by atoms with Gasteiger partial charge in [-0.25, -0.2) is 4.79 Å². The van der Waals surface area contributed by atoms with Crippen LogP contribution in [0.1, 0.15) is 36.8 Å². The Labute approximate surface area is 243 Å². The molecule has 6 N–H and O–H groups in total. The zero-order chi connectivity index (χ0) is 28.2. The van der Waals surface area contributed by atoms with Gasteiger partial charge >= 0.3 is 6.03 Å². The molecule has 2 fully saturated rings. The average Bonchev–Trinajstić information content (AvgIpc) is 3.75. The Morgan fingerprint density at radius 1 is 0.927 bits per heavy atom. The van der Waals surface area contributed by atoms with Gasteiger partial charge in [0.05, 0.1) is 12.1 Å². The van der Waals surface area contributed by atoms with E-state index < -0.39 is 6.04 Å². The zero-order valence-corrected chi connectivity index (χ0v) is 23.7. The number of urea groups is 1. The minimum Gasteiger partial charge on any atom is -0.361 e. The topological polar surface area (TPSA) is 131 Å². The second-order valence-corrected chi connectivity index (χ2v) is 12.2. The van der Waals surface area contributed by atoms with Gasteiger partial charge in [0.15, 0.2) is 0 Å². The summed E-state index contributed by atoms with van der Waals surface area (Å²) in [7, 11) is 0. The van der Waals surface area contributed by atoms with Gasteiger partial charge in [-0.05, 0) is 42.5 Å². The largest absolute Gasteiger partial charge is 0.361 e. The number of nitrogens with one attached hydrogen (secondary N) is 6. The molecule has 4 aromatic rings. The molecule has 2 aliphatic heterocycles. The molecule has 10 heteroatoms. The van der Waals surface area contributed by atoms with Gasteiger partial charge in [0.2, 0.25) is 11.8 Å². The third-order valence-corrected chi connectivity index (χ3v) is 9.71. The molecule has 2 aromatic carbocycles. The van der Waals surface area contributed by atoms with E-state index in [4.69, 9.17) is 0 Å². The molecule has 0 bridgehead atoms. The van der Waals surface area contributed by atoms with Crippen LogP contribution in [-0.2, 0) is 22.4 Å². The van der Waals surface area contributed by atoms with E-state index in [0.29, 0.717) is 31.1 Å². The van der Waals surface area contributed by atoms with Crippen molar-refractivity contribution in [1.29, 1.82) is 0 Å². The number of benzene rings is 2. The normalized spacial score (nSPS) is 20.5. The Morgan fingerprint density at radius 3 is 2.41 bits per heavy atom. The van der Waals surface area contributed by atoms with Gasteiger partial charge in [0, 0.05) is 64.6 Å². The van der Waals surface area contributed by atoms with E-state index in [1.54, 1.807) is 0 Å². The lowest BCUT2D eigenvalue weighted by Gasteiger charge is -2.19. The summed E-state index contributed by atoms with van der Waals surface area (Å²) >= 11 is 1.88. The molecule has 0 saturated carbocycles. The first-order valence-corrected chi connectivity index (χ1v) is 15.5. The number of hydrogen-bond donors (Lipinski definition) is 6. The summed E-state index contributed by atoms with van der Waals surface area (Å²) in [6.07, 6.45) is 7.97. The second kappa shape index (κ2) is 12.3. The van der Waals surface area contributed by atoms with Crippen molar-refractivity contribution >= 4 is 51.4 Å². The summed E-state index contributed by atoms with van der Waals surface area (Å²) in [5, 5.41) is 14.7. The maximum atomic E-state index is 13.4. The quantitative estimate of drug-likeness (QED) is 0.114. The van der Waals surface area contributed by atoms with E-state index in [0.717, 1.165) is 57.9 Å². The molecule has 2 aromatic heterocycles. The van der Waals surface area contributed by atoms with Crippen LogP contribution >= 0.6 is 11.8 Å². The van der Waals surface area contributed by atoms with Crippen molar-refractivity contribution < 1.29 is 14.4 Å². The molecule has 0 unspecified atom stereocenters. The van der Waals surface area contributed by atoms with Crippen LogP contribution in [0, 0.1) is 0 Å². The Morgan fingerprint density at radius 2 is 1.63 bits per heavy atom. The van der Waals surface area contributed by atoms with E-state index in [1.165, 1.54) is 0 Å². The molecule has 4 amide bonds. The van der Waals surface area contributed by atoms with Crippen LogP contribution in [0.5, 0.6) is 0 Å². The minimum atomic E-state index is -0.671. The molecule has 0 radical (unpaired) electrons. The predicted molar refractivity (Wildman–Crippen MR) is 163 cm³/mol. The van der Waals surface area contributed by atoms with E-state index >= 15 is 0 Å². The molecule has 4 atom stereocenters. The van der Waals surface area contributed by atoms with Crippen LogP contribution in [0.15, 0.2) is 60.9 Å². The van der Waals surface area contributed by atoms with Crippen LogP contribution in [0.4, 0.5) is 4.79 Å². The SMILES string of the molecule is O=C(CCCC[C@@H]1SC[C@@H]2NC(=O)N[C@@H]21)N[C@@H](Cc1c[nH]c2ccccc12)C(=O)NCCc1c[nH]c2ccccc12. The van der Waals surface area contributed by atoms with Gasteiger partial charge in [-0.1, -0.05) is 42.8 Å². The van der Waals surface area contributed by atoms with Crippen LogP contribution in [0.3, 0.4) is 0 Å². The summed E-state index contributed by atoms with van der Waals surface area (Å²) in [4.78, 5) is 44.6. The zero-order valence-electron chi connectivity index (χ0n) is 22.9. The molecule has 0 spiro atoms. The van der Waals surface area contributed by atoms with E-state index in [9.17, 15) is 14.4 Å². The second-order valence-electron chi connectivity index (χ2n) is 11.0. The maximum absolute atomic E-state index is 13.4. The van der Waals surface area contributed by atoms with Crippen molar-refractivity contribution in [3.8, 4) is 0 Å². The van der Waals surface area contributed by atoms with Crippen molar-refractivity contribution in [1.82, 2.24) is 31.2 Å².